The van der Waals surface area contributed by atoms with E-state index < -0.39 is 0 Å². The molecule has 0 aliphatic heterocycles. The third-order valence-corrected chi connectivity index (χ3v) is 2.65. The maximum Gasteiger partial charge on any atom is 0.0422 e. The lowest BCUT2D eigenvalue weighted by atomic mass is 10.1. The maximum absolute atomic E-state index is 5.85. The van der Waals surface area contributed by atoms with E-state index in [0.29, 0.717) is 6.54 Å². The standard InChI is InChI=1S/C13H13ClN2/c14-12-3-1-10(2-4-12)11-6-8-16-13(9-11)5-7-15/h1-4,6,8-9H,5,7,15H2. The van der Waals surface area contributed by atoms with Gasteiger partial charge in [-0.15, -0.1) is 0 Å². The molecule has 0 aliphatic rings. The summed E-state index contributed by atoms with van der Waals surface area (Å²) >= 11 is 5.85. The number of halogens is 1. The number of nitrogens with zero attached hydrogens (tertiary/aromatic N) is 1. The first-order valence-corrected chi connectivity index (χ1v) is 5.58. The number of hydrogen-bond acceptors (Lipinski definition) is 2. The van der Waals surface area contributed by atoms with Gasteiger partial charge in [-0.05, 0) is 41.9 Å². The van der Waals surface area contributed by atoms with Gasteiger partial charge in [0.05, 0.1) is 0 Å². The van der Waals surface area contributed by atoms with Gasteiger partial charge in [-0.3, -0.25) is 4.98 Å². The van der Waals surface area contributed by atoms with Gasteiger partial charge >= 0.3 is 0 Å². The number of nitrogens with two attached hydrogens (primary N) is 1. The molecule has 0 spiro atoms. The van der Waals surface area contributed by atoms with Gasteiger partial charge in [0.1, 0.15) is 0 Å². The van der Waals surface area contributed by atoms with Crippen LogP contribution >= 0.6 is 11.6 Å². The lowest BCUT2D eigenvalue weighted by Crippen LogP contribution is -2.04. The number of rotatable bonds is 3. The van der Waals surface area contributed by atoms with E-state index in [1.807, 2.05) is 36.5 Å². The molecule has 3 heteroatoms. The van der Waals surface area contributed by atoms with Gasteiger partial charge < -0.3 is 5.73 Å². The number of pyridine rings is 1. The summed E-state index contributed by atoms with van der Waals surface area (Å²) in [6.45, 7) is 0.622. The van der Waals surface area contributed by atoms with Crippen molar-refractivity contribution in [2.75, 3.05) is 6.54 Å². The van der Waals surface area contributed by atoms with E-state index in [0.717, 1.165) is 28.3 Å². The van der Waals surface area contributed by atoms with Gasteiger partial charge in [0, 0.05) is 23.3 Å². The van der Waals surface area contributed by atoms with E-state index >= 15 is 0 Å². The predicted molar refractivity (Wildman–Crippen MR) is 67.4 cm³/mol. The van der Waals surface area contributed by atoms with Crippen LogP contribution in [0.25, 0.3) is 11.1 Å². The highest BCUT2D eigenvalue weighted by Gasteiger charge is 1.99. The van der Waals surface area contributed by atoms with Crippen LogP contribution in [0, 0.1) is 0 Å². The molecule has 0 amide bonds. The Balaban J connectivity index is 2.32. The Bertz CT molecular complexity index is 466. The molecule has 0 fully saturated rings. The molecule has 0 saturated carbocycles. The van der Waals surface area contributed by atoms with Gasteiger partial charge in [-0.1, -0.05) is 23.7 Å². The van der Waals surface area contributed by atoms with Crippen molar-refractivity contribution in [1.82, 2.24) is 4.98 Å². The molecule has 2 rings (SSSR count). The number of aromatic nitrogens is 1. The first kappa shape index (κ1) is 11.1. The average molecular weight is 233 g/mol. The van der Waals surface area contributed by atoms with E-state index in [-0.39, 0.29) is 0 Å². The number of benzene rings is 1. The van der Waals surface area contributed by atoms with Gasteiger partial charge in [0.2, 0.25) is 0 Å². The molecule has 1 aromatic heterocycles. The fourth-order valence-corrected chi connectivity index (χ4v) is 1.71. The molecule has 0 aliphatic carbocycles. The summed E-state index contributed by atoms with van der Waals surface area (Å²) in [5, 5.41) is 0.750. The molecule has 0 atom stereocenters. The summed E-state index contributed by atoms with van der Waals surface area (Å²) in [5.74, 6) is 0. The van der Waals surface area contributed by atoms with Crippen LogP contribution in [0.3, 0.4) is 0 Å². The summed E-state index contributed by atoms with van der Waals surface area (Å²) in [4.78, 5) is 4.27. The Morgan fingerprint density at radius 1 is 1.06 bits per heavy atom. The van der Waals surface area contributed by atoms with Crippen molar-refractivity contribution < 1.29 is 0 Å². The normalized spacial score (nSPS) is 10.4. The van der Waals surface area contributed by atoms with Crippen molar-refractivity contribution in [2.45, 2.75) is 6.42 Å². The molecular weight excluding hydrogens is 220 g/mol. The van der Waals surface area contributed by atoms with Crippen LogP contribution in [-0.4, -0.2) is 11.5 Å². The first-order chi connectivity index (χ1) is 7.79. The van der Waals surface area contributed by atoms with Gasteiger partial charge in [-0.2, -0.15) is 0 Å². The van der Waals surface area contributed by atoms with Crippen molar-refractivity contribution in [3.8, 4) is 11.1 Å². The Morgan fingerprint density at radius 3 is 2.50 bits per heavy atom. The summed E-state index contributed by atoms with van der Waals surface area (Å²) in [5.41, 5.74) is 8.83. The van der Waals surface area contributed by atoms with Crippen LogP contribution in [0.2, 0.25) is 5.02 Å². The fourth-order valence-electron chi connectivity index (χ4n) is 1.58. The Morgan fingerprint density at radius 2 is 1.81 bits per heavy atom. The highest BCUT2D eigenvalue weighted by molar-refractivity contribution is 6.30. The van der Waals surface area contributed by atoms with E-state index in [9.17, 15) is 0 Å². The van der Waals surface area contributed by atoms with Crippen molar-refractivity contribution in [3.05, 3.63) is 53.3 Å². The fraction of sp³-hybridized carbons (Fsp3) is 0.154. The summed E-state index contributed by atoms with van der Waals surface area (Å²) in [7, 11) is 0. The Kier molecular flexibility index (Phi) is 3.54. The zero-order valence-corrected chi connectivity index (χ0v) is 9.61. The van der Waals surface area contributed by atoms with Crippen molar-refractivity contribution in [1.29, 1.82) is 0 Å². The SMILES string of the molecule is NCCc1cc(-c2ccc(Cl)cc2)ccn1. The van der Waals surface area contributed by atoms with E-state index in [1.165, 1.54) is 0 Å². The zero-order chi connectivity index (χ0) is 11.4. The summed E-state index contributed by atoms with van der Waals surface area (Å²) in [6, 6.07) is 11.8. The van der Waals surface area contributed by atoms with E-state index in [2.05, 4.69) is 11.1 Å². The zero-order valence-electron chi connectivity index (χ0n) is 8.86. The maximum atomic E-state index is 5.85. The third kappa shape index (κ3) is 2.60. The van der Waals surface area contributed by atoms with Crippen molar-refractivity contribution >= 4 is 11.6 Å². The molecule has 1 aromatic carbocycles. The molecule has 0 saturated heterocycles. The molecule has 0 unspecified atom stereocenters. The van der Waals surface area contributed by atoms with Crippen molar-refractivity contribution in [3.63, 3.8) is 0 Å². The summed E-state index contributed by atoms with van der Waals surface area (Å²) < 4.78 is 0. The minimum absolute atomic E-state index is 0.622. The monoisotopic (exact) mass is 232 g/mol. The number of hydrogen-bond donors (Lipinski definition) is 1. The molecule has 0 radical (unpaired) electrons. The highest BCUT2D eigenvalue weighted by atomic mass is 35.5. The van der Waals surface area contributed by atoms with Crippen LogP contribution in [0.4, 0.5) is 0 Å². The molecule has 82 valence electrons. The molecule has 1 heterocycles. The minimum atomic E-state index is 0.622. The van der Waals surface area contributed by atoms with E-state index in [1.54, 1.807) is 0 Å². The van der Waals surface area contributed by atoms with Crippen LogP contribution in [0.5, 0.6) is 0 Å². The van der Waals surface area contributed by atoms with E-state index in [4.69, 9.17) is 17.3 Å². The average Bonchev–Trinajstić information content (AvgIpc) is 2.31. The smallest absolute Gasteiger partial charge is 0.0422 e. The quantitative estimate of drug-likeness (QED) is 0.884. The largest absolute Gasteiger partial charge is 0.330 e. The van der Waals surface area contributed by atoms with Gasteiger partial charge in [-0.25, -0.2) is 0 Å². The second kappa shape index (κ2) is 5.10. The van der Waals surface area contributed by atoms with Crippen LogP contribution in [0.1, 0.15) is 5.69 Å². The summed E-state index contributed by atoms with van der Waals surface area (Å²) in [6.07, 6.45) is 2.62. The Labute approximate surface area is 100 Å². The third-order valence-electron chi connectivity index (χ3n) is 2.39. The topological polar surface area (TPSA) is 38.9 Å². The molecule has 2 nitrogen and oxygen atoms in total. The molecule has 2 aromatic rings. The molecule has 2 N–H and O–H groups in total. The van der Waals surface area contributed by atoms with Gasteiger partial charge in [0.15, 0.2) is 0 Å². The second-order valence-electron chi connectivity index (χ2n) is 3.58. The van der Waals surface area contributed by atoms with Crippen LogP contribution in [-0.2, 0) is 6.42 Å². The first-order valence-electron chi connectivity index (χ1n) is 5.20. The minimum Gasteiger partial charge on any atom is -0.330 e. The van der Waals surface area contributed by atoms with Crippen molar-refractivity contribution in [2.24, 2.45) is 5.73 Å². The molecule has 0 bridgehead atoms. The van der Waals surface area contributed by atoms with Crippen LogP contribution < -0.4 is 5.73 Å². The lowest BCUT2D eigenvalue weighted by Gasteiger charge is -2.04. The second-order valence-corrected chi connectivity index (χ2v) is 4.02. The molecular formula is C13H13ClN2. The molecule has 16 heavy (non-hydrogen) atoms. The Hall–Kier alpha value is -1.38. The predicted octanol–water partition coefficient (Wildman–Crippen LogP) is 2.90. The van der Waals surface area contributed by atoms with Crippen LogP contribution in [0.15, 0.2) is 42.6 Å². The highest BCUT2D eigenvalue weighted by Crippen LogP contribution is 2.21. The lowest BCUT2D eigenvalue weighted by molar-refractivity contribution is 0.924. The van der Waals surface area contributed by atoms with Gasteiger partial charge in [0.25, 0.3) is 0 Å².